The Labute approximate surface area is 153 Å². The number of hydrogen-bond donors (Lipinski definition) is 1. The molecule has 0 aliphatic heterocycles. The van der Waals surface area contributed by atoms with Crippen LogP contribution in [0.3, 0.4) is 0 Å². The van der Waals surface area contributed by atoms with Crippen LogP contribution in [0.2, 0.25) is 0 Å². The average molecular weight is 352 g/mol. The quantitative estimate of drug-likeness (QED) is 0.705. The fourth-order valence-corrected chi connectivity index (χ4v) is 2.89. The highest BCUT2D eigenvalue weighted by Gasteiger charge is 2.11. The lowest BCUT2D eigenvalue weighted by Crippen LogP contribution is -2.12. The molecular weight excluding hydrogens is 328 g/mol. The van der Waals surface area contributed by atoms with E-state index in [1.165, 1.54) is 11.1 Å². The minimum atomic E-state index is 0.159. The molecule has 1 N–H and O–H groups in total. The van der Waals surface area contributed by atoms with Gasteiger partial charge in [-0.15, -0.1) is 5.10 Å². The maximum absolute atomic E-state index is 5.42. The second-order valence-electron chi connectivity index (χ2n) is 6.49. The first-order chi connectivity index (χ1) is 12.6. The van der Waals surface area contributed by atoms with Gasteiger partial charge in [-0.05, 0) is 60.8 Å². The topological polar surface area (TPSA) is 68.1 Å². The zero-order chi connectivity index (χ0) is 18.5. The molecule has 0 saturated heterocycles. The number of methoxy groups -OCH3 is 1. The van der Waals surface area contributed by atoms with Gasteiger partial charge in [0.15, 0.2) is 0 Å². The lowest BCUT2D eigenvalue weighted by atomic mass is 10.0. The molecule has 7 nitrogen and oxygen atoms in total. The molecule has 1 heterocycles. The molecule has 136 valence electrons. The Balaban J connectivity index is 1.81. The Hall–Kier alpha value is -2.93. The number of hydrogen-bond acceptors (Lipinski definition) is 6. The van der Waals surface area contributed by atoms with E-state index < -0.39 is 0 Å². The molecule has 1 unspecified atom stereocenters. The maximum Gasteiger partial charge on any atom is 0.144 e. The van der Waals surface area contributed by atoms with Crippen molar-refractivity contribution < 1.29 is 4.74 Å². The maximum atomic E-state index is 5.42. The number of ether oxygens (including phenoxy) is 1. The first kappa shape index (κ1) is 17.9. The van der Waals surface area contributed by atoms with Gasteiger partial charge < -0.3 is 15.0 Å². The predicted molar refractivity (Wildman–Crippen MR) is 102 cm³/mol. The first-order valence-corrected chi connectivity index (χ1v) is 8.48. The molecule has 1 atom stereocenters. The van der Waals surface area contributed by atoms with Gasteiger partial charge >= 0.3 is 0 Å². The minimum Gasteiger partial charge on any atom is -0.494 e. The zero-order valence-electron chi connectivity index (χ0n) is 15.5. The SMILES string of the molecule is COc1ccc(NC(C)c2cccc(CN(C)C)c2)cc1-n1cnnn1. The first-order valence-electron chi connectivity index (χ1n) is 8.48. The van der Waals surface area contributed by atoms with E-state index in [0.717, 1.165) is 17.9 Å². The van der Waals surface area contributed by atoms with E-state index in [0.29, 0.717) is 5.75 Å². The highest BCUT2D eigenvalue weighted by Crippen LogP contribution is 2.28. The van der Waals surface area contributed by atoms with Gasteiger partial charge in [-0.25, -0.2) is 0 Å². The number of nitrogens with zero attached hydrogens (tertiary/aromatic N) is 5. The normalized spacial score (nSPS) is 12.2. The Morgan fingerprint density at radius 3 is 2.73 bits per heavy atom. The molecule has 26 heavy (non-hydrogen) atoms. The fourth-order valence-electron chi connectivity index (χ4n) is 2.89. The van der Waals surface area contributed by atoms with Gasteiger partial charge in [0, 0.05) is 18.3 Å². The van der Waals surface area contributed by atoms with Crippen LogP contribution in [0.4, 0.5) is 5.69 Å². The van der Waals surface area contributed by atoms with Gasteiger partial charge in [0.25, 0.3) is 0 Å². The van der Waals surface area contributed by atoms with Gasteiger partial charge in [0.1, 0.15) is 17.8 Å². The Kier molecular flexibility index (Phi) is 5.48. The van der Waals surface area contributed by atoms with Crippen LogP contribution in [0.25, 0.3) is 5.69 Å². The Bertz CT molecular complexity index is 847. The van der Waals surface area contributed by atoms with Crippen molar-refractivity contribution in [3.63, 3.8) is 0 Å². The van der Waals surface area contributed by atoms with Crippen molar-refractivity contribution in [2.24, 2.45) is 0 Å². The summed E-state index contributed by atoms with van der Waals surface area (Å²) < 4.78 is 7.01. The van der Waals surface area contributed by atoms with Gasteiger partial charge in [-0.2, -0.15) is 4.68 Å². The summed E-state index contributed by atoms with van der Waals surface area (Å²) in [6.45, 7) is 3.07. The van der Waals surface area contributed by atoms with Crippen LogP contribution in [0.1, 0.15) is 24.1 Å². The molecule has 3 aromatic rings. The predicted octanol–water partition coefficient (Wildman–Crippen LogP) is 2.91. The summed E-state index contributed by atoms with van der Waals surface area (Å²) in [7, 11) is 5.79. The molecule has 0 aliphatic rings. The third-order valence-electron chi connectivity index (χ3n) is 4.11. The highest BCUT2D eigenvalue weighted by molar-refractivity contribution is 5.58. The third kappa shape index (κ3) is 4.18. The van der Waals surface area contributed by atoms with E-state index in [-0.39, 0.29) is 6.04 Å². The summed E-state index contributed by atoms with van der Waals surface area (Å²) in [6.07, 6.45) is 1.55. The number of tetrazole rings is 1. The van der Waals surface area contributed by atoms with Crippen LogP contribution in [-0.2, 0) is 6.54 Å². The van der Waals surface area contributed by atoms with Crippen LogP contribution in [0.5, 0.6) is 5.75 Å². The van der Waals surface area contributed by atoms with E-state index in [2.05, 4.69) is 71.0 Å². The molecule has 0 amide bonds. The van der Waals surface area contributed by atoms with Crippen molar-refractivity contribution >= 4 is 5.69 Å². The van der Waals surface area contributed by atoms with Crippen molar-refractivity contribution in [3.8, 4) is 11.4 Å². The van der Waals surface area contributed by atoms with E-state index >= 15 is 0 Å². The van der Waals surface area contributed by atoms with Crippen molar-refractivity contribution in [3.05, 3.63) is 59.9 Å². The van der Waals surface area contributed by atoms with Gasteiger partial charge in [0.2, 0.25) is 0 Å². The van der Waals surface area contributed by atoms with E-state index in [4.69, 9.17) is 4.74 Å². The average Bonchev–Trinajstić information content (AvgIpc) is 3.16. The summed E-state index contributed by atoms with van der Waals surface area (Å²) >= 11 is 0. The smallest absolute Gasteiger partial charge is 0.144 e. The van der Waals surface area contributed by atoms with Crippen LogP contribution in [0, 0.1) is 0 Å². The Morgan fingerprint density at radius 2 is 2.04 bits per heavy atom. The molecule has 0 bridgehead atoms. The number of anilines is 1. The molecule has 0 aliphatic carbocycles. The van der Waals surface area contributed by atoms with E-state index in [1.807, 2.05) is 18.2 Å². The molecular formula is C19H24N6O. The number of benzene rings is 2. The molecule has 0 saturated carbocycles. The lowest BCUT2D eigenvalue weighted by molar-refractivity contribution is 0.402. The van der Waals surface area contributed by atoms with Gasteiger partial charge in [-0.1, -0.05) is 24.3 Å². The molecule has 0 spiro atoms. The van der Waals surface area contributed by atoms with E-state index in [9.17, 15) is 0 Å². The second kappa shape index (κ2) is 7.97. The minimum absolute atomic E-state index is 0.159. The zero-order valence-corrected chi connectivity index (χ0v) is 15.5. The van der Waals surface area contributed by atoms with Crippen LogP contribution >= 0.6 is 0 Å². The summed E-state index contributed by atoms with van der Waals surface area (Å²) in [6, 6.07) is 14.7. The summed E-state index contributed by atoms with van der Waals surface area (Å²) in [5.41, 5.74) is 4.30. The summed E-state index contributed by atoms with van der Waals surface area (Å²) in [5, 5.41) is 14.9. The van der Waals surface area contributed by atoms with Crippen molar-refractivity contribution in [2.45, 2.75) is 19.5 Å². The third-order valence-corrected chi connectivity index (χ3v) is 4.11. The monoisotopic (exact) mass is 352 g/mol. The molecule has 1 aromatic heterocycles. The van der Waals surface area contributed by atoms with Crippen LogP contribution in [0.15, 0.2) is 48.8 Å². The van der Waals surface area contributed by atoms with Crippen LogP contribution in [-0.4, -0.2) is 46.3 Å². The van der Waals surface area contributed by atoms with Gasteiger partial charge in [0.05, 0.1) is 7.11 Å². The number of aromatic nitrogens is 4. The molecule has 3 rings (SSSR count). The second-order valence-corrected chi connectivity index (χ2v) is 6.49. The van der Waals surface area contributed by atoms with E-state index in [1.54, 1.807) is 18.1 Å². The standard InChI is InChI=1S/C19H24N6O/c1-14(16-7-5-6-15(10-16)12-24(2)3)21-17-8-9-19(26-4)18(11-17)25-13-20-22-23-25/h5-11,13-14,21H,12H2,1-4H3. The van der Waals surface area contributed by atoms with Crippen molar-refractivity contribution in [2.75, 3.05) is 26.5 Å². The number of nitrogens with one attached hydrogen (secondary N) is 1. The molecule has 2 aromatic carbocycles. The van der Waals surface area contributed by atoms with Gasteiger partial charge in [-0.3, -0.25) is 0 Å². The summed E-state index contributed by atoms with van der Waals surface area (Å²) in [4.78, 5) is 2.17. The lowest BCUT2D eigenvalue weighted by Gasteiger charge is -2.19. The Morgan fingerprint density at radius 1 is 1.19 bits per heavy atom. The van der Waals surface area contributed by atoms with Crippen LogP contribution < -0.4 is 10.1 Å². The largest absolute Gasteiger partial charge is 0.494 e. The summed E-state index contributed by atoms with van der Waals surface area (Å²) in [5.74, 6) is 0.712. The molecule has 0 fully saturated rings. The number of rotatable bonds is 7. The van der Waals surface area contributed by atoms with Crippen molar-refractivity contribution in [1.29, 1.82) is 0 Å². The fraction of sp³-hybridized carbons (Fsp3) is 0.316. The van der Waals surface area contributed by atoms with Crippen molar-refractivity contribution in [1.82, 2.24) is 25.1 Å². The highest BCUT2D eigenvalue weighted by atomic mass is 16.5. The molecule has 7 heteroatoms. The molecule has 0 radical (unpaired) electrons.